The SMILES string of the molecule is CC(C)CNCC1(CN(C)C2CCS(=O)(=O)C2)CCOC1. The first-order valence-corrected chi connectivity index (χ1v) is 9.83. The molecule has 6 heteroatoms. The van der Waals surface area contributed by atoms with Crippen LogP contribution in [0.3, 0.4) is 0 Å². The van der Waals surface area contributed by atoms with Crippen molar-refractivity contribution in [3.8, 4) is 0 Å². The number of hydrogen-bond donors (Lipinski definition) is 1. The van der Waals surface area contributed by atoms with Gasteiger partial charge < -0.3 is 15.0 Å². The van der Waals surface area contributed by atoms with Gasteiger partial charge in [0.1, 0.15) is 0 Å². The first-order valence-electron chi connectivity index (χ1n) is 8.01. The maximum absolute atomic E-state index is 11.6. The summed E-state index contributed by atoms with van der Waals surface area (Å²) in [5, 5.41) is 3.55. The zero-order chi connectivity index (χ0) is 15.5. The van der Waals surface area contributed by atoms with Crippen molar-refractivity contribution in [2.45, 2.75) is 32.7 Å². The molecule has 0 aliphatic carbocycles. The normalized spacial score (nSPS) is 32.3. The van der Waals surface area contributed by atoms with Gasteiger partial charge in [0.2, 0.25) is 0 Å². The van der Waals surface area contributed by atoms with Crippen LogP contribution in [0.2, 0.25) is 0 Å². The molecule has 0 aromatic rings. The van der Waals surface area contributed by atoms with Crippen molar-refractivity contribution < 1.29 is 13.2 Å². The Morgan fingerprint density at radius 2 is 2.19 bits per heavy atom. The summed E-state index contributed by atoms with van der Waals surface area (Å²) < 4.78 is 28.9. The van der Waals surface area contributed by atoms with Gasteiger partial charge in [0.25, 0.3) is 0 Å². The lowest BCUT2D eigenvalue weighted by atomic mass is 9.86. The lowest BCUT2D eigenvalue weighted by molar-refractivity contribution is 0.105. The topological polar surface area (TPSA) is 58.6 Å². The molecular weight excluding hydrogens is 288 g/mol. The third-order valence-electron chi connectivity index (χ3n) is 4.65. The Kier molecular flexibility index (Phi) is 5.68. The fourth-order valence-corrected chi connectivity index (χ4v) is 5.18. The predicted octanol–water partition coefficient (Wildman–Crippen LogP) is 0.758. The summed E-state index contributed by atoms with van der Waals surface area (Å²) in [6, 6.07) is 0.178. The van der Waals surface area contributed by atoms with Gasteiger partial charge in [0, 0.05) is 31.2 Å². The van der Waals surface area contributed by atoms with Crippen LogP contribution in [0, 0.1) is 11.3 Å². The van der Waals surface area contributed by atoms with E-state index in [0.29, 0.717) is 17.4 Å². The second-order valence-electron chi connectivity index (χ2n) is 7.30. The first kappa shape index (κ1) is 17.2. The highest BCUT2D eigenvalue weighted by molar-refractivity contribution is 7.91. The minimum Gasteiger partial charge on any atom is -0.381 e. The van der Waals surface area contributed by atoms with E-state index in [4.69, 9.17) is 4.74 Å². The summed E-state index contributed by atoms with van der Waals surface area (Å²) in [6.45, 7) is 8.90. The second-order valence-corrected chi connectivity index (χ2v) is 9.53. The number of ether oxygens (including phenoxy) is 1. The first-order chi connectivity index (χ1) is 9.82. The van der Waals surface area contributed by atoms with Gasteiger partial charge >= 0.3 is 0 Å². The van der Waals surface area contributed by atoms with Crippen LogP contribution in [0.4, 0.5) is 0 Å². The Labute approximate surface area is 129 Å². The largest absolute Gasteiger partial charge is 0.381 e. The number of nitrogens with zero attached hydrogens (tertiary/aromatic N) is 1. The minimum absolute atomic E-state index is 0.135. The Balaban J connectivity index is 1.90. The molecular formula is C15H30N2O3S. The molecule has 5 nitrogen and oxygen atoms in total. The zero-order valence-electron chi connectivity index (χ0n) is 13.6. The van der Waals surface area contributed by atoms with Gasteiger partial charge in [-0.3, -0.25) is 0 Å². The predicted molar refractivity (Wildman–Crippen MR) is 85.3 cm³/mol. The average molecular weight is 318 g/mol. The third-order valence-corrected chi connectivity index (χ3v) is 6.40. The second kappa shape index (κ2) is 6.94. The lowest BCUT2D eigenvalue weighted by Crippen LogP contribution is -2.47. The maximum Gasteiger partial charge on any atom is 0.151 e. The van der Waals surface area contributed by atoms with Crippen LogP contribution in [-0.2, 0) is 14.6 Å². The molecule has 0 radical (unpaired) electrons. The Morgan fingerprint density at radius 3 is 2.71 bits per heavy atom. The van der Waals surface area contributed by atoms with Crippen molar-refractivity contribution in [3.63, 3.8) is 0 Å². The molecule has 2 rings (SSSR count). The number of sulfone groups is 1. The van der Waals surface area contributed by atoms with Crippen LogP contribution in [0.15, 0.2) is 0 Å². The van der Waals surface area contributed by atoms with E-state index in [-0.39, 0.29) is 11.5 Å². The van der Waals surface area contributed by atoms with Crippen LogP contribution in [0.1, 0.15) is 26.7 Å². The van der Waals surface area contributed by atoms with Crippen molar-refractivity contribution in [1.29, 1.82) is 0 Å². The lowest BCUT2D eigenvalue weighted by Gasteiger charge is -2.35. The summed E-state index contributed by atoms with van der Waals surface area (Å²) in [4.78, 5) is 2.25. The molecule has 2 aliphatic heterocycles. The Morgan fingerprint density at radius 1 is 1.43 bits per heavy atom. The molecule has 0 spiro atoms. The van der Waals surface area contributed by atoms with E-state index in [1.807, 2.05) is 0 Å². The van der Waals surface area contributed by atoms with Crippen LogP contribution < -0.4 is 5.32 Å². The van der Waals surface area contributed by atoms with Crippen molar-refractivity contribution in [3.05, 3.63) is 0 Å². The molecule has 1 N–H and O–H groups in total. The molecule has 0 aromatic carbocycles. The van der Waals surface area contributed by atoms with Crippen molar-refractivity contribution >= 4 is 9.84 Å². The molecule has 2 heterocycles. The summed E-state index contributed by atoms with van der Waals surface area (Å²) in [5.41, 5.74) is 0.135. The third kappa shape index (κ3) is 4.91. The molecule has 21 heavy (non-hydrogen) atoms. The maximum atomic E-state index is 11.6. The highest BCUT2D eigenvalue weighted by Gasteiger charge is 2.39. The summed E-state index contributed by atoms with van der Waals surface area (Å²) >= 11 is 0. The standard InChI is InChI=1S/C15H30N2O3S/c1-13(2)8-16-10-15(5-6-20-12-15)11-17(3)14-4-7-21(18,19)9-14/h13-14,16H,4-12H2,1-3H3. The van der Waals surface area contributed by atoms with E-state index in [1.54, 1.807) is 0 Å². The van der Waals surface area contributed by atoms with E-state index in [0.717, 1.165) is 45.7 Å². The van der Waals surface area contributed by atoms with E-state index >= 15 is 0 Å². The molecule has 2 saturated heterocycles. The molecule has 2 aliphatic rings. The average Bonchev–Trinajstić information content (AvgIpc) is 2.96. The highest BCUT2D eigenvalue weighted by atomic mass is 32.2. The van der Waals surface area contributed by atoms with E-state index in [9.17, 15) is 8.42 Å². The fraction of sp³-hybridized carbons (Fsp3) is 1.00. The molecule has 0 bridgehead atoms. The van der Waals surface area contributed by atoms with E-state index in [1.165, 1.54) is 0 Å². The van der Waals surface area contributed by atoms with Gasteiger partial charge in [0.05, 0.1) is 18.1 Å². The Bertz CT molecular complexity index is 430. The smallest absolute Gasteiger partial charge is 0.151 e. The molecule has 0 saturated carbocycles. The molecule has 2 fully saturated rings. The monoisotopic (exact) mass is 318 g/mol. The zero-order valence-corrected chi connectivity index (χ0v) is 14.4. The fourth-order valence-electron chi connectivity index (χ4n) is 3.38. The molecule has 2 unspecified atom stereocenters. The van der Waals surface area contributed by atoms with Gasteiger partial charge in [-0.1, -0.05) is 13.8 Å². The van der Waals surface area contributed by atoms with E-state index in [2.05, 4.69) is 31.1 Å². The van der Waals surface area contributed by atoms with Gasteiger partial charge in [-0.25, -0.2) is 8.42 Å². The van der Waals surface area contributed by atoms with Crippen LogP contribution in [0.25, 0.3) is 0 Å². The highest BCUT2D eigenvalue weighted by Crippen LogP contribution is 2.30. The molecule has 124 valence electrons. The van der Waals surface area contributed by atoms with Crippen LogP contribution in [-0.4, -0.2) is 70.8 Å². The van der Waals surface area contributed by atoms with Crippen LogP contribution in [0.5, 0.6) is 0 Å². The van der Waals surface area contributed by atoms with Crippen molar-refractivity contribution in [2.75, 3.05) is 51.4 Å². The van der Waals surface area contributed by atoms with Gasteiger partial charge in [-0.2, -0.15) is 0 Å². The summed E-state index contributed by atoms with van der Waals surface area (Å²) in [5.74, 6) is 1.30. The number of nitrogens with one attached hydrogen (secondary N) is 1. The number of rotatable bonds is 7. The molecule has 0 aromatic heterocycles. The van der Waals surface area contributed by atoms with Crippen LogP contribution >= 0.6 is 0 Å². The van der Waals surface area contributed by atoms with Gasteiger partial charge in [-0.15, -0.1) is 0 Å². The minimum atomic E-state index is -2.81. The van der Waals surface area contributed by atoms with Gasteiger partial charge in [0.15, 0.2) is 9.84 Å². The quantitative estimate of drug-likeness (QED) is 0.751. The van der Waals surface area contributed by atoms with Crippen molar-refractivity contribution in [1.82, 2.24) is 10.2 Å². The Hall–Kier alpha value is -0.170. The molecule has 2 atom stereocenters. The summed E-state index contributed by atoms with van der Waals surface area (Å²) in [6.07, 6.45) is 1.83. The number of hydrogen-bond acceptors (Lipinski definition) is 5. The van der Waals surface area contributed by atoms with Gasteiger partial charge in [-0.05, 0) is 32.4 Å². The molecule has 0 amide bonds. The van der Waals surface area contributed by atoms with E-state index < -0.39 is 9.84 Å². The van der Waals surface area contributed by atoms with Crippen molar-refractivity contribution in [2.24, 2.45) is 11.3 Å². The summed E-state index contributed by atoms with van der Waals surface area (Å²) in [7, 11) is -0.747.